The molecule has 3 fully saturated rings. The number of hydrogen-bond acceptors (Lipinski definition) is 5. The van der Waals surface area contributed by atoms with Crippen LogP contribution in [0.15, 0.2) is 57.5 Å². The Morgan fingerprint density at radius 1 is 1.05 bits per heavy atom. The first-order valence-corrected chi connectivity index (χ1v) is 14.6. The quantitative estimate of drug-likeness (QED) is 0.242. The molecule has 39 heavy (non-hydrogen) atoms. The molecule has 1 aromatic carbocycles. The number of nitrogen functional groups attached to an aromatic ring is 1. The SMILES string of the molecule is C=N/C(=N\C=C(/C)C(=O)Nc1cc(-c2cccs2)ccc1N)N1CCCC12CCN(C(=O)N1CCCC1)CC2. The van der Waals surface area contributed by atoms with E-state index in [2.05, 4.69) is 26.9 Å². The molecule has 0 radical (unpaired) electrons. The van der Waals surface area contributed by atoms with Crippen LogP contribution in [-0.4, -0.2) is 77.6 Å². The first kappa shape index (κ1) is 26.9. The number of guanidine groups is 1. The number of hydrogen-bond donors (Lipinski definition) is 2. The fourth-order valence-electron chi connectivity index (χ4n) is 5.88. The van der Waals surface area contributed by atoms with E-state index in [0.717, 1.165) is 81.7 Å². The molecule has 3 saturated heterocycles. The standard InChI is InChI=1S/C29H37N7O2S/c1-21(26(37)33-24-19-22(8-9-23(24)30)25-7-5-18-39-25)20-32-27(31-2)36-15-6-10-29(36)11-16-35(17-12-29)28(38)34-13-3-4-14-34/h5,7-9,18-20H,2-4,6,10-17,30H2,1H3,(H,33,37)/b21-20+,32-27+. The number of aliphatic imine (C=N–C) groups is 2. The number of carbonyl (C=O) groups is 2. The summed E-state index contributed by atoms with van der Waals surface area (Å²) in [7, 11) is 0. The van der Waals surface area contributed by atoms with E-state index in [-0.39, 0.29) is 17.5 Å². The van der Waals surface area contributed by atoms with Crippen LogP contribution in [0.2, 0.25) is 0 Å². The molecule has 3 amide bonds. The molecule has 1 aromatic heterocycles. The lowest BCUT2D eigenvalue weighted by atomic mass is 9.85. The maximum atomic E-state index is 13.0. The number of likely N-dealkylation sites (tertiary alicyclic amines) is 3. The molecule has 0 unspecified atom stereocenters. The molecule has 1 spiro atoms. The largest absolute Gasteiger partial charge is 0.397 e. The van der Waals surface area contributed by atoms with Crippen LogP contribution in [0.3, 0.4) is 0 Å². The summed E-state index contributed by atoms with van der Waals surface area (Å²) >= 11 is 1.63. The minimum atomic E-state index is -0.276. The highest BCUT2D eigenvalue weighted by Gasteiger charge is 2.45. The van der Waals surface area contributed by atoms with E-state index in [1.165, 1.54) is 0 Å². The zero-order valence-corrected chi connectivity index (χ0v) is 23.4. The van der Waals surface area contributed by atoms with E-state index in [0.29, 0.717) is 22.9 Å². The maximum Gasteiger partial charge on any atom is 0.320 e. The number of urea groups is 1. The summed E-state index contributed by atoms with van der Waals surface area (Å²) in [5.74, 6) is 0.250. The first-order chi connectivity index (χ1) is 18.9. The highest BCUT2D eigenvalue weighted by atomic mass is 32.1. The second kappa shape index (κ2) is 11.6. The number of piperidine rings is 1. The second-order valence-corrected chi connectivity index (χ2v) is 11.5. The normalized spacial score (nSPS) is 19.6. The summed E-state index contributed by atoms with van der Waals surface area (Å²) in [5, 5.41) is 4.94. The molecule has 0 saturated carbocycles. The van der Waals surface area contributed by atoms with Gasteiger partial charge in [-0.15, -0.1) is 11.3 Å². The zero-order chi connectivity index (χ0) is 27.4. The van der Waals surface area contributed by atoms with E-state index >= 15 is 0 Å². The number of nitrogens with two attached hydrogens (primary N) is 1. The van der Waals surface area contributed by atoms with E-state index in [9.17, 15) is 9.59 Å². The Bertz CT molecular complexity index is 1270. The van der Waals surface area contributed by atoms with Gasteiger partial charge in [0.25, 0.3) is 5.91 Å². The van der Waals surface area contributed by atoms with Crippen molar-refractivity contribution in [1.29, 1.82) is 0 Å². The van der Waals surface area contributed by atoms with Crippen LogP contribution in [0.25, 0.3) is 10.4 Å². The van der Waals surface area contributed by atoms with Crippen molar-refractivity contribution in [3.8, 4) is 10.4 Å². The minimum absolute atomic E-state index is 0.0809. The molecule has 9 nitrogen and oxygen atoms in total. The van der Waals surface area contributed by atoms with Crippen molar-refractivity contribution in [3.63, 3.8) is 0 Å². The van der Waals surface area contributed by atoms with Crippen molar-refractivity contribution in [2.75, 3.05) is 43.8 Å². The molecule has 3 aliphatic rings. The third-order valence-electron chi connectivity index (χ3n) is 8.16. The fourth-order valence-corrected chi connectivity index (χ4v) is 6.61. The molecule has 3 aliphatic heterocycles. The maximum absolute atomic E-state index is 13.0. The van der Waals surface area contributed by atoms with Crippen LogP contribution in [0, 0.1) is 0 Å². The van der Waals surface area contributed by atoms with Gasteiger partial charge in [-0.2, -0.15) is 0 Å². The predicted octanol–water partition coefficient (Wildman–Crippen LogP) is 5.04. The number of nitrogens with one attached hydrogen (secondary N) is 1. The van der Waals surface area contributed by atoms with Crippen LogP contribution in [-0.2, 0) is 4.79 Å². The fraction of sp³-hybridized carbons (Fsp3) is 0.448. The van der Waals surface area contributed by atoms with E-state index in [4.69, 9.17) is 5.73 Å². The Morgan fingerprint density at radius 2 is 1.79 bits per heavy atom. The van der Waals surface area contributed by atoms with Gasteiger partial charge in [0.1, 0.15) is 0 Å². The van der Waals surface area contributed by atoms with Crippen molar-refractivity contribution >= 4 is 47.3 Å². The number of benzene rings is 1. The monoisotopic (exact) mass is 547 g/mol. The Morgan fingerprint density at radius 3 is 2.49 bits per heavy atom. The number of carbonyl (C=O) groups excluding carboxylic acids is 2. The molecule has 0 bridgehead atoms. The minimum Gasteiger partial charge on any atom is -0.397 e. The summed E-state index contributed by atoms with van der Waals surface area (Å²) < 4.78 is 0. The van der Waals surface area contributed by atoms with Gasteiger partial charge in [-0.25, -0.2) is 14.8 Å². The third-order valence-corrected chi connectivity index (χ3v) is 9.08. The molecule has 4 heterocycles. The van der Waals surface area contributed by atoms with E-state index in [1.54, 1.807) is 30.5 Å². The summed E-state index contributed by atoms with van der Waals surface area (Å²) in [6, 6.07) is 9.84. The van der Waals surface area contributed by atoms with Crippen molar-refractivity contribution in [1.82, 2.24) is 14.7 Å². The van der Waals surface area contributed by atoms with Gasteiger partial charge in [0.2, 0.25) is 5.96 Å². The van der Waals surface area contributed by atoms with Crippen LogP contribution in [0.5, 0.6) is 0 Å². The van der Waals surface area contributed by atoms with E-state index in [1.807, 2.05) is 39.4 Å². The van der Waals surface area contributed by atoms with Crippen molar-refractivity contribution < 1.29 is 9.59 Å². The van der Waals surface area contributed by atoms with Gasteiger partial charge in [-0.3, -0.25) is 4.79 Å². The lowest BCUT2D eigenvalue weighted by molar-refractivity contribution is -0.112. The zero-order valence-electron chi connectivity index (χ0n) is 22.6. The first-order valence-electron chi connectivity index (χ1n) is 13.7. The van der Waals surface area contributed by atoms with Gasteiger partial charge in [0, 0.05) is 54.9 Å². The molecular formula is C29H37N7O2S. The second-order valence-electron chi connectivity index (χ2n) is 10.6. The smallest absolute Gasteiger partial charge is 0.320 e. The molecular weight excluding hydrogens is 510 g/mol. The average molecular weight is 548 g/mol. The molecule has 10 heteroatoms. The lowest BCUT2D eigenvalue weighted by Crippen LogP contribution is -2.56. The van der Waals surface area contributed by atoms with Crippen molar-refractivity contribution in [3.05, 3.63) is 47.5 Å². The molecule has 206 valence electrons. The Balaban J connectivity index is 1.25. The number of amides is 3. The molecule has 0 aliphatic carbocycles. The number of thiophene rings is 1. The van der Waals surface area contributed by atoms with Gasteiger partial charge in [0.15, 0.2) is 0 Å². The number of nitrogens with zero attached hydrogens (tertiary/aromatic N) is 5. The van der Waals surface area contributed by atoms with Gasteiger partial charge >= 0.3 is 6.03 Å². The Hall–Kier alpha value is -3.66. The van der Waals surface area contributed by atoms with Crippen LogP contribution in [0.1, 0.15) is 45.4 Å². The molecule has 2 aromatic rings. The van der Waals surface area contributed by atoms with Crippen LogP contribution in [0.4, 0.5) is 16.2 Å². The number of rotatable bonds is 4. The van der Waals surface area contributed by atoms with Gasteiger partial charge in [-0.1, -0.05) is 12.1 Å². The molecule has 0 atom stereocenters. The molecule has 5 rings (SSSR count). The van der Waals surface area contributed by atoms with Crippen molar-refractivity contribution in [2.45, 2.75) is 51.0 Å². The highest BCUT2D eigenvalue weighted by molar-refractivity contribution is 7.13. The number of anilines is 2. The van der Waals surface area contributed by atoms with E-state index < -0.39 is 0 Å². The van der Waals surface area contributed by atoms with Gasteiger partial charge in [-0.05, 0) is 81.3 Å². The van der Waals surface area contributed by atoms with Gasteiger partial charge in [0.05, 0.1) is 11.4 Å². The summed E-state index contributed by atoms with van der Waals surface area (Å²) in [4.78, 5) is 42.0. The van der Waals surface area contributed by atoms with Gasteiger partial charge < -0.3 is 25.8 Å². The highest BCUT2D eigenvalue weighted by Crippen LogP contribution is 2.39. The van der Waals surface area contributed by atoms with Crippen LogP contribution >= 0.6 is 11.3 Å². The summed E-state index contributed by atoms with van der Waals surface area (Å²) in [6.07, 6.45) is 7.59. The molecule has 3 N–H and O–H groups in total. The Kier molecular flexibility index (Phi) is 8.02. The lowest BCUT2D eigenvalue weighted by Gasteiger charge is -2.45. The average Bonchev–Trinajstić information content (AvgIpc) is 3.74. The third kappa shape index (κ3) is 5.71. The summed E-state index contributed by atoms with van der Waals surface area (Å²) in [5.41, 5.74) is 8.58. The summed E-state index contributed by atoms with van der Waals surface area (Å²) in [6.45, 7) is 9.55. The topological polar surface area (TPSA) is 107 Å². The Labute approximate surface area is 234 Å². The predicted molar refractivity (Wildman–Crippen MR) is 159 cm³/mol. The van der Waals surface area contributed by atoms with Crippen molar-refractivity contribution in [2.24, 2.45) is 9.98 Å². The van der Waals surface area contributed by atoms with Crippen LogP contribution < -0.4 is 11.1 Å².